The Kier molecular flexibility index (Phi) is 5.74. The summed E-state index contributed by atoms with van der Waals surface area (Å²) >= 11 is 0. The fourth-order valence-electron chi connectivity index (χ4n) is 3.45. The Balaban J connectivity index is 1.83. The van der Waals surface area contributed by atoms with Crippen molar-refractivity contribution in [3.05, 3.63) is 52.8 Å². The number of ether oxygens (including phenoxy) is 2. The zero-order valence-corrected chi connectivity index (χ0v) is 17.4. The molecule has 8 heteroatoms. The van der Waals surface area contributed by atoms with Crippen LogP contribution in [0.15, 0.2) is 35.4 Å². The second-order valence-electron chi connectivity index (χ2n) is 7.12. The average molecular weight is 398 g/mol. The van der Waals surface area contributed by atoms with Crippen molar-refractivity contribution in [2.75, 3.05) is 20.8 Å². The summed E-state index contributed by atoms with van der Waals surface area (Å²) in [5, 5.41) is 7.80. The molecule has 154 valence electrons. The van der Waals surface area contributed by atoms with Gasteiger partial charge in [-0.2, -0.15) is 5.10 Å². The Hall–Kier alpha value is -3.13. The van der Waals surface area contributed by atoms with Crippen LogP contribution in [0.2, 0.25) is 0 Å². The molecule has 3 amide bonds. The molecule has 29 heavy (non-hydrogen) atoms. The van der Waals surface area contributed by atoms with Crippen molar-refractivity contribution in [2.45, 2.75) is 32.9 Å². The van der Waals surface area contributed by atoms with Crippen LogP contribution in [0.25, 0.3) is 0 Å². The molecule has 0 aliphatic carbocycles. The number of nitrogens with one attached hydrogen (secondary N) is 1. The van der Waals surface area contributed by atoms with Crippen LogP contribution in [-0.4, -0.2) is 48.6 Å². The van der Waals surface area contributed by atoms with Gasteiger partial charge in [-0.05, 0) is 44.5 Å². The predicted molar refractivity (Wildman–Crippen MR) is 109 cm³/mol. The Bertz CT molecular complexity index is 948. The van der Waals surface area contributed by atoms with Crippen LogP contribution in [-0.2, 0) is 21.6 Å². The molecule has 1 aliphatic heterocycles. The maximum absolute atomic E-state index is 13.0. The van der Waals surface area contributed by atoms with Crippen molar-refractivity contribution in [2.24, 2.45) is 5.10 Å². The van der Waals surface area contributed by atoms with Gasteiger partial charge in [-0.25, -0.2) is 4.79 Å². The first kappa shape index (κ1) is 20.6. The molecule has 0 spiro atoms. The molecule has 1 aliphatic rings. The molecular weight excluding hydrogens is 372 g/mol. The summed E-state index contributed by atoms with van der Waals surface area (Å²) < 4.78 is 12.4. The van der Waals surface area contributed by atoms with E-state index in [1.54, 1.807) is 51.6 Å². The quantitative estimate of drug-likeness (QED) is 0.574. The molecule has 0 bridgehead atoms. The number of carbonyl (C=O) groups excluding carboxylic acids is 2. The van der Waals surface area contributed by atoms with Gasteiger partial charge in [0.1, 0.15) is 11.3 Å². The van der Waals surface area contributed by atoms with E-state index < -0.39 is 17.5 Å². The van der Waals surface area contributed by atoms with Crippen molar-refractivity contribution < 1.29 is 19.1 Å². The standard InChI is InChI=1S/C21H26N4O4/c1-14-12-16(15(2)24(14)10-11-28-4)13-22-25-19(26)21(3,23-20(25)27)17-6-8-18(29-5)9-7-17/h6-9,12-13H,10-11H2,1-5H3,(H,23,27)/b22-13-/t21-/m0/s1. The van der Waals surface area contributed by atoms with Gasteiger partial charge in [0.05, 0.1) is 19.9 Å². The lowest BCUT2D eigenvalue weighted by Gasteiger charge is -2.21. The van der Waals surface area contributed by atoms with Gasteiger partial charge >= 0.3 is 6.03 Å². The van der Waals surface area contributed by atoms with E-state index in [1.165, 1.54) is 0 Å². The first-order valence-corrected chi connectivity index (χ1v) is 9.32. The topological polar surface area (TPSA) is 85.2 Å². The number of urea groups is 1. The van der Waals surface area contributed by atoms with Gasteiger partial charge in [-0.15, -0.1) is 5.01 Å². The van der Waals surface area contributed by atoms with Gasteiger partial charge in [0.15, 0.2) is 0 Å². The maximum atomic E-state index is 13.0. The van der Waals surface area contributed by atoms with Gasteiger partial charge in [-0.3, -0.25) is 4.79 Å². The summed E-state index contributed by atoms with van der Waals surface area (Å²) in [5.74, 6) is 0.241. The summed E-state index contributed by atoms with van der Waals surface area (Å²) in [5.41, 5.74) is 2.37. The zero-order valence-electron chi connectivity index (χ0n) is 17.4. The van der Waals surface area contributed by atoms with E-state index in [1.807, 2.05) is 19.9 Å². The minimum Gasteiger partial charge on any atom is -0.497 e. The molecule has 0 unspecified atom stereocenters. The van der Waals surface area contributed by atoms with E-state index in [0.29, 0.717) is 17.9 Å². The fraction of sp³-hybridized carbons (Fsp3) is 0.381. The van der Waals surface area contributed by atoms with Gasteiger partial charge in [-0.1, -0.05) is 12.1 Å². The van der Waals surface area contributed by atoms with Crippen LogP contribution in [0.3, 0.4) is 0 Å². The third kappa shape index (κ3) is 3.75. The highest BCUT2D eigenvalue weighted by Crippen LogP contribution is 2.30. The molecule has 1 aromatic heterocycles. The largest absolute Gasteiger partial charge is 0.497 e. The highest BCUT2D eigenvalue weighted by Gasteiger charge is 2.49. The Morgan fingerprint density at radius 1 is 1.17 bits per heavy atom. The van der Waals surface area contributed by atoms with Crippen molar-refractivity contribution in [3.8, 4) is 5.75 Å². The van der Waals surface area contributed by atoms with Crippen LogP contribution in [0.4, 0.5) is 4.79 Å². The van der Waals surface area contributed by atoms with Gasteiger partial charge in [0.2, 0.25) is 0 Å². The number of amides is 3. The smallest absolute Gasteiger partial charge is 0.346 e. The summed E-state index contributed by atoms with van der Waals surface area (Å²) in [6.45, 7) is 6.95. The zero-order chi connectivity index (χ0) is 21.2. The van der Waals surface area contributed by atoms with Crippen molar-refractivity contribution in [1.29, 1.82) is 0 Å². The summed E-state index contributed by atoms with van der Waals surface area (Å²) in [6, 6.07) is 8.43. The molecule has 1 aromatic carbocycles. The molecule has 1 N–H and O–H groups in total. The number of aryl methyl sites for hydroxylation is 1. The highest BCUT2D eigenvalue weighted by molar-refractivity contribution is 6.07. The number of hydrazone groups is 1. The van der Waals surface area contributed by atoms with Crippen molar-refractivity contribution in [3.63, 3.8) is 0 Å². The van der Waals surface area contributed by atoms with Crippen LogP contribution >= 0.6 is 0 Å². The number of nitrogens with zero attached hydrogens (tertiary/aromatic N) is 3. The van der Waals surface area contributed by atoms with E-state index in [-0.39, 0.29) is 0 Å². The molecule has 1 saturated heterocycles. The third-order valence-electron chi connectivity index (χ3n) is 5.28. The maximum Gasteiger partial charge on any atom is 0.346 e. The first-order valence-electron chi connectivity index (χ1n) is 9.32. The fourth-order valence-corrected chi connectivity index (χ4v) is 3.45. The number of aromatic nitrogens is 1. The molecule has 3 rings (SSSR count). The highest BCUT2D eigenvalue weighted by atomic mass is 16.5. The van der Waals surface area contributed by atoms with E-state index in [4.69, 9.17) is 9.47 Å². The third-order valence-corrected chi connectivity index (χ3v) is 5.28. The molecule has 2 heterocycles. The molecular formula is C21H26N4O4. The number of benzene rings is 1. The average Bonchev–Trinajstić information content (AvgIpc) is 3.11. The normalized spacial score (nSPS) is 19.3. The van der Waals surface area contributed by atoms with Crippen LogP contribution in [0.1, 0.15) is 29.4 Å². The molecule has 1 atom stereocenters. The Morgan fingerprint density at radius 3 is 2.48 bits per heavy atom. The van der Waals surface area contributed by atoms with E-state index in [9.17, 15) is 9.59 Å². The molecule has 0 radical (unpaired) electrons. The molecule has 8 nitrogen and oxygen atoms in total. The summed E-state index contributed by atoms with van der Waals surface area (Å²) in [7, 11) is 3.23. The van der Waals surface area contributed by atoms with Crippen molar-refractivity contribution in [1.82, 2.24) is 14.9 Å². The first-order chi connectivity index (χ1) is 13.8. The second kappa shape index (κ2) is 8.08. The lowest BCUT2D eigenvalue weighted by Crippen LogP contribution is -2.40. The van der Waals surface area contributed by atoms with E-state index >= 15 is 0 Å². The Labute approximate surface area is 170 Å². The van der Waals surface area contributed by atoms with Crippen LogP contribution in [0, 0.1) is 13.8 Å². The van der Waals surface area contributed by atoms with Gasteiger partial charge in [0.25, 0.3) is 5.91 Å². The SMILES string of the molecule is COCCn1c(C)cc(/C=N\N2C(=O)N[C@@](C)(c3ccc(OC)cc3)C2=O)c1C. The van der Waals surface area contributed by atoms with Crippen LogP contribution < -0.4 is 10.1 Å². The number of methoxy groups -OCH3 is 2. The molecule has 0 saturated carbocycles. The lowest BCUT2D eigenvalue weighted by molar-refractivity contribution is -0.131. The second-order valence-corrected chi connectivity index (χ2v) is 7.12. The van der Waals surface area contributed by atoms with Gasteiger partial charge < -0.3 is 19.4 Å². The number of carbonyl (C=O) groups is 2. The van der Waals surface area contributed by atoms with Crippen LogP contribution in [0.5, 0.6) is 5.75 Å². The number of imide groups is 1. The minimum absolute atomic E-state index is 0.433. The van der Waals surface area contributed by atoms with Gasteiger partial charge in [0, 0.05) is 30.6 Å². The van der Waals surface area contributed by atoms with Crippen molar-refractivity contribution >= 4 is 18.2 Å². The number of hydrogen-bond acceptors (Lipinski definition) is 5. The summed E-state index contributed by atoms with van der Waals surface area (Å²) in [6.07, 6.45) is 1.54. The van der Waals surface area contributed by atoms with E-state index in [2.05, 4.69) is 15.0 Å². The van der Waals surface area contributed by atoms with E-state index in [0.717, 1.165) is 28.5 Å². The summed E-state index contributed by atoms with van der Waals surface area (Å²) in [4.78, 5) is 25.4. The number of rotatable bonds is 7. The molecule has 1 fully saturated rings. The minimum atomic E-state index is -1.18. The Morgan fingerprint density at radius 2 is 1.86 bits per heavy atom. The molecule has 2 aromatic rings. The monoisotopic (exact) mass is 398 g/mol. The number of hydrogen-bond donors (Lipinski definition) is 1. The lowest BCUT2D eigenvalue weighted by atomic mass is 9.92. The predicted octanol–water partition coefficient (Wildman–Crippen LogP) is 2.56.